The van der Waals surface area contributed by atoms with Crippen LogP contribution >= 0.6 is 0 Å². The molecule has 3 aromatic carbocycles. The molecule has 2 fully saturated rings. The molecule has 2 saturated heterocycles. The number of ether oxygens (including phenoxy) is 2. The van der Waals surface area contributed by atoms with Gasteiger partial charge in [-0.15, -0.1) is 0 Å². The first-order chi connectivity index (χ1) is 31.4. The maximum atomic E-state index is 13.7. The Morgan fingerprint density at radius 1 is 0.677 bits per heavy atom. The number of imidazole rings is 1. The van der Waals surface area contributed by atoms with Crippen LogP contribution in [0.25, 0.3) is 39.1 Å². The van der Waals surface area contributed by atoms with Crippen LogP contribution in [0.15, 0.2) is 90.2 Å². The van der Waals surface area contributed by atoms with Gasteiger partial charge in [-0.1, -0.05) is 101 Å². The molecule has 5 aliphatic rings. The fourth-order valence-corrected chi connectivity index (χ4v) is 10.7. The van der Waals surface area contributed by atoms with Crippen molar-refractivity contribution in [2.75, 3.05) is 27.3 Å². The van der Waals surface area contributed by atoms with E-state index in [1.54, 1.807) is 0 Å². The van der Waals surface area contributed by atoms with Gasteiger partial charge in [0.05, 0.1) is 38.2 Å². The maximum absolute atomic E-state index is 13.7. The van der Waals surface area contributed by atoms with Crippen molar-refractivity contribution in [2.45, 2.75) is 102 Å². The molecule has 4 aromatic rings. The van der Waals surface area contributed by atoms with E-state index in [9.17, 15) is 19.2 Å². The number of allylic oxidation sites excluding steroid dienone is 3. The van der Waals surface area contributed by atoms with E-state index in [4.69, 9.17) is 19.5 Å². The van der Waals surface area contributed by atoms with Crippen molar-refractivity contribution in [2.24, 2.45) is 16.8 Å². The molecule has 4 heterocycles. The van der Waals surface area contributed by atoms with Crippen molar-refractivity contribution < 1.29 is 28.7 Å². The Morgan fingerprint density at radius 3 is 1.69 bits per heavy atom. The van der Waals surface area contributed by atoms with Crippen molar-refractivity contribution in [1.82, 2.24) is 30.4 Å². The van der Waals surface area contributed by atoms with Crippen molar-refractivity contribution in [3.63, 3.8) is 0 Å². The number of hydrogen-bond acceptors (Lipinski definition) is 8. The van der Waals surface area contributed by atoms with E-state index in [1.165, 1.54) is 47.6 Å². The summed E-state index contributed by atoms with van der Waals surface area (Å²) in [4.78, 5) is 68.3. The zero-order valence-corrected chi connectivity index (χ0v) is 38.1. The summed E-state index contributed by atoms with van der Waals surface area (Å²) in [6.45, 7) is 8.93. The number of nitrogens with zero attached hydrogens (tertiary/aromatic N) is 4. The number of amides is 4. The van der Waals surface area contributed by atoms with Gasteiger partial charge < -0.3 is 34.9 Å². The topological polar surface area (TPSA) is 158 Å². The van der Waals surface area contributed by atoms with E-state index in [2.05, 4.69) is 88.4 Å². The summed E-state index contributed by atoms with van der Waals surface area (Å²) in [7, 11) is 2.61. The van der Waals surface area contributed by atoms with Gasteiger partial charge in [-0.25, -0.2) is 14.6 Å². The SMILES string of the molecule is COC(=O)N[C@H](C(=O)N1CCCC1C1=NC=C(c2ccc(-c3ccc(-c4ccc(-c5cnc(C6CCCN6C(=O)[C@@H](NC(=O)OC)C(C)C)[nH]5)cc4)c4c3C3C=CC4C3)cc2)C1)C(C)C. The van der Waals surface area contributed by atoms with Crippen molar-refractivity contribution in [3.05, 3.63) is 108 Å². The van der Waals surface area contributed by atoms with Crippen LogP contribution in [0.2, 0.25) is 0 Å². The second-order valence-electron chi connectivity index (χ2n) is 18.7. The standard InChI is InChI=1S/C52H59N7O6/c1-29(2)46(56-51(62)64-5)49(60)58-23-7-9-42(58)40-26-37(27-53-40)31-11-13-32(14-12-31)38-21-22-39(45-36-20-19-35(25-36)44(38)45)33-15-17-34(18-16-33)41-28-54-48(55-41)43-10-8-24-59(43)50(61)47(30(3)4)57-52(63)65-6/h11-22,27-30,35-36,42-43,46-47H,7-10,23-26H2,1-6H3,(H,54,55)(H,56,62)(H,57,63)/t35?,36?,42?,43?,46-,47-/m0/s1. The number of carbonyl (C=O) groups excluding carboxylic acids is 4. The van der Waals surface area contributed by atoms with Gasteiger partial charge in [0.15, 0.2) is 0 Å². The lowest BCUT2D eigenvalue weighted by atomic mass is 9.83. The molecular formula is C52H59N7O6. The third-order valence-electron chi connectivity index (χ3n) is 14.1. The molecule has 65 heavy (non-hydrogen) atoms. The fourth-order valence-electron chi connectivity index (χ4n) is 10.7. The van der Waals surface area contributed by atoms with Crippen molar-refractivity contribution >= 4 is 35.3 Å². The number of likely N-dealkylation sites (tertiary alicyclic amines) is 2. The molecule has 338 valence electrons. The number of nitrogens with one attached hydrogen (secondary N) is 3. The highest BCUT2D eigenvalue weighted by Crippen LogP contribution is 2.55. The van der Waals surface area contributed by atoms with Crippen LogP contribution in [0, 0.1) is 11.8 Å². The van der Waals surface area contributed by atoms with E-state index >= 15 is 0 Å². The smallest absolute Gasteiger partial charge is 0.407 e. The van der Waals surface area contributed by atoms with Gasteiger partial charge in [0.1, 0.15) is 17.9 Å². The van der Waals surface area contributed by atoms with Gasteiger partial charge in [-0.3, -0.25) is 14.6 Å². The Bertz CT molecular complexity index is 2570. The first-order valence-electron chi connectivity index (χ1n) is 23.1. The predicted octanol–water partition coefficient (Wildman–Crippen LogP) is 9.15. The number of H-pyrrole nitrogens is 1. The molecule has 4 amide bonds. The van der Waals surface area contributed by atoms with Gasteiger partial charge in [0, 0.05) is 43.3 Å². The van der Waals surface area contributed by atoms with Gasteiger partial charge in [0.25, 0.3) is 0 Å². The Labute approximate surface area is 380 Å². The second-order valence-corrected chi connectivity index (χ2v) is 18.7. The number of aromatic nitrogens is 2. The zero-order valence-electron chi connectivity index (χ0n) is 38.1. The van der Waals surface area contributed by atoms with E-state index in [0.29, 0.717) is 31.3 Å². The first kappa shape index (κ1) is 43.7. The molecule has 13 nitrogen and oxygen atoms in total. The summed E-state index contributed by atoms with van der Waals surface area (Å²) >= 11 is 0. The van der Waals surface area contributed by atoms with Crippen LogP contribution in [0.5, 0.6) is 0 Å². The summed E-state index contributed by atoms with van der Waals surface area (Å²) in [5.41, 5.74) is 12.9. The Morgan fingerprint density at radius 2 is 1.17 bits per heavy atom. The first-order valence-corrected chi connectivity index (χ1v) is 23.1. The van der Waals surface area contributed by atoms with E-state index < -0.39 is 24.3 Å². The van der Waals surface area contributed by atoms with Crippen LogP contribution in [-0.2, 0) is 19.1 Å². The molecule has 4 unspecified atom stereocenters. The number of alkyl carbamates (subject to hydrolysis) is 2. The molecule has 0 radical (unpaired) electrons. The van der Waals surface area contributed by atoms with E-state index in [-0.39, 0.29) is 35.7 Å². The van der Waals surface area contributed by atoms with Crippen LogP contribution in [0.3, 0.4) is 0 Å². The number of rotatable bonds is 12. The normalized spacial score (nSPS) is 21.7. The molecule has 6 atom stereocenters. The molecule has 2 aliphatic carbocycles. The van der Waals surface area contributed by atoms with Crippen LogP contribution < -0.4 is 10.6 Å². The number of hydrogen-bond donors (Lipinski definition) is 3. The number of carbonyl (C=O) groups is 4. The summed E-state index contributed by atoms with van der Waals surface area (Å²) in [6, 6.07) is 20.5. The molecule has 3 aliphatic heterocycles. The van der Waals surface area contributed by atoms with Crippen LogP contribution in [0.1, 0.15) is 107 Å². The summed E-state index contributed by atoms with van der Waals surface area (Å²) in [6.07, 6.45) is 12.5. The average Bonchev–Trinajstić information content (AvgIpc) is 4.19. The van der Waals surface area contributed by atoms with Gasteiger partial charge in [0.2, 0.25) is 11.8 Å². The highest BCUT2D eigenvalue weighted by atomic mass is 16.5. The van der Waals surface area contributed by atoms with Gasteiger partial charge >= 0.3 is 12.2 Å². The van der Waals surface area contributed by atoms with Crippen molar-refractivity contribution in [3.8, 4) is 33.5 Å². The Hall–Kier alpha value is -6.50. The lowest BCUT2D eigenvalue weighted by molar-refractivity contribution is -0.135. The minimum Gasteiger partial charge on any atom is -0.453 e. The Balaban J connectivity index is 0.888. The number of methoxy groups -OCH3 is 2. The number of fused-ring (bicyclic) bond motifs is 5. The lowest BCUT2D eigenvalue weighted by Gasteiger charge is -2.31. The second kappa shape index (κ2) is 18.2. The quantitative estimate of drug-likeness (QED) is 0.120. The molecule has 0 spiro atoms. The third kappa shape index (κ3) is 8.37. The molecular weight excluding hydrogens is 819 g/mol. The maximum Gasteiger partial charge on any atom is 0.407 e. The molecule has 1 aromatic heterocycles. The Kier molecular flexibility index (Phi) is 12.2. The molecule has 3 N–H and O–H groups in total. The monoisotopic (exact) mass is 877 g/mol. The highest BCUT2D eigenvalue weighted by molar-refractivity contribution is 6.04. The fraction of sp³-hybridized carbons (Fsp3) is 0.423. The molecule has 13 heteroatoms. The van der Waals surface area contributed by atoms with Crippen LogP contribution in [0.4, 0.5) is 9.59 Å². The predicted molar refractivity (Wildman–Crippen MR) is 251 cm³/mol. The average molecular weight is 878 g/mol. The third-order valence-corrected chi connectivity index (χ3v) is 14.1. The molecule has 0 saturated carbocycles. The number of aromatic amines is 1. The summed E-state index contributed by atoms with van der Waals surface area (Å²) in [5, 5.41) is 5.46. The molecule has 2 bridgehead atoms. The number of aliphatic imine (C=N–C) groups is 1. The minimum atomic E-state index is -0.684. The van der Waals surface area contributed by atoms with Crippen LogP contribution in [-0.4, -0.2) is 94.9 Å². The van der Waals surface area contributed by atoms with E-state index in [0.717, 1.165) is 66.0 Å². The number of benzene rings is 3. The lowest BCUT2D eigenvalue weighted by Crippen LogP contribution is -2.53. The zero-order chi connectivity index (χ0) is 45.5. The van der Waals surface area contributed by atoms with Gasteiger partial charge in [-0.2, -0.15) is 0 Å². The highest BCUT2D eigenvalue weighted by Gasteiger charge is 2.40. The minimum absolute atomic E-state index is 0.0837. The summed E-state index contributed by atoms with van der Waals surface area (Å²) < 4.78 is 9.60. The molecule has 9 rings (SSSR count). The van der Waals surface area contributed by atoms with Crippen molar-refractivity contribution in [1.29, 1.82) is 0 Å². The van der Waals surface area contributed by atoms with E-state index in [1.807, 2.05) is 49.9 Å². The van der Waals surface area contributed by atoms with Gasteiger partial charge in [-0.05, 0) is 94.0 Å². The largest absolute Gasteiger partial charge is 0.453 e. The summed E-state index contributed by atoms with van der Waals surface area (Å²) in [5.74, 6) is 1.10.